The standard InChI is InChI=1S/C22H28N2O8/c1-5-30-22(26)19-15(2)23(3)14-17(21(25)29-4)20(19)16-10-6-7-11-18(16)31-12-8-9-13-32-24(27)28/h6-7,10-11H,5,8-9,12-14H2,1-4H3. The van der Waals surface area contributed by atoms with Crippen LogP contribution in [0, 0.1) is 10.1 Å². The lowest BCUT2D eigenvalue weighted by molar-refractivity contribution is -0.757. The van der Waals surface area contributed by atoms with E-state index in [0.29, 0.717) is 41.0 Å². The van der Waals surface area contributed by atoms with Gasteiger partial charge in [-0.1, -0.05) is 18.2 Å². The van der Waals surface area contributed by atoms with Gasteiger partial charge in [-0.25, -0.2) is 9.59 Å². The SMILES string of the molecule is CCOC(=O)C1=C(C)N(C)CC(C(=O)OC)=C1c1ccccc1OCCCCO[N+](=O)[O-]. The summed E-state index contributed by atoms with van der Waals surface area (Å²) in [6.07, 6.45) is 0.963. The van der Waals surface area contributed by atoms with E-state index in [9.17, 15) is 19.7 Å². The summed E-state index contributed by atoms with van der Waals surface area (Å²) in [5.74, 6) is -0.620. The number of para-hydroxylation sites is 1. The van der Waals surface area contributed by atoms with Crippen LogP contribution < -0.4 is 4.74 Å². The Kier molecular flexibility index (Phi) is 9.06. The van der Waals surface area contributed by atoms with Crippen LogP contribution in [0.25, 0.3) is 5.57 Å². The van der Waals surface area contributed by atoms with Crippen LogP contribution in [-0.2, 0) is 23.9 Å². The molecular formula is C22H28N2O8. The van der Waals surface area contributed by atoms with E-state index in [0.717, 1.165) is 0 Å². The van der Waals surface area contributed by atoms with E-state index in [2.05, 4.69) is 4.84 Å². The third-order valence-corrected chi connectivity index (χ3v) is 4.94. The Morgan fingerprint density at radius 3 is 2.50 bits per heavy atom. The number of esters is 2. The molecule has 1 heterocycles. The molecule has 1 aromatic carbocycles. The topological polar surface area (TPSA) is 117 Å². The molecule has 0 atom stereocenters. The summed E-state index contributed by atoms with van der Waals surface area (Å²) in [6.45, 7) is 4.20. The summed E-state index contributed by atoms with van der Waals surface area (Å²) in [7, 11) is 3.07. The second-order valence-electron chi connectivity index (χ2n) is 6.99. The van der Waals surface area contributed by atoms with E-state index in [1.165, 1.54) is 7.11 Å². The minimum Gasteiger partial charge on any atom is -0.493 e. The number of carbonyl (C=O) groups is 2. The maximum atomic E-state index is 12.9. The number of hydrogen-bond donors (Lipinski definition) is 0. The summed E-state index contributed by atoms with van der Waals surface area (Å²) >= 11 is 0. The van der Waals surface area contributed by atoms with Crippen LogP contribution in [0.4, 0.5) is 0 Å². The first-order chi connectivity index (χ1) is 15.3. The highest BCUT2D eigenvalue weighted by Gasteiger charge is 2.34. The number of rotatable bonds is 11. The molecule has 1 aromatic rings. The van der Waals surface area contributed by atoms with Crippen LogP contribution in [0.1, 0.15) is 32.3 Å². The summed E-state index contributed by atoms with van der Waals surface area (Å²) in [5, 5.41) is 9.40. The van der Waals surface area contributed by atoms with Crippen molar-refractivity contribution < 1.29 is 33.7 Å². The van der Waals surface area contributed by atoms with Crippen molar-refractivity contribution in [2.24, 2.45) is 0 Å². The van der Waals surface area contributed by atoms with E-state index in [1.54, 1.807) is 50.1 Å². The van der Waals surface area contributed by atoms with Gasteiger partial charge in [0.15, 0.2) is 0 Å². The molecule has 0 radical (unpaired) electrons. The number of allylic oxidation sites excluding steroid dienone is 1. The van der Waals surface area contributed by atoms with E-state index in [1.807, 2.05) is 0 Å². The van der Waals surface area contributed by atoms with Crippen LogP contribution >= 0.6 is 0 Å². The van der Waals surface area contributed by atoms with Crippen molar-refractivity contribution in [2.45, 2.75) is 26.7 Å². The average molecular weight is 448 g/mol. The molecule has 2 rings (SSSR count). The zero-order valence-electron chi connectivity index (χ0n) is 18.7. The first-order valence-electron chi connectivity index (χ1n) is 10.2. The quantitative estimate of drug-likeness (QED) is 0.218. The molecular weight excluding hydrogens is 420 g/mol. The van der Waals surface area contributed by atoms with Gasteiger partial charge < -0.3 is 23.9 Å². The summed E-state index contributed by atoms with van der Waals surface area (Å²) < 4.78 is 16.2. The maximum Gasteiger partial charge on any atom is 0.340 e. The van der Waals surface area contributed by atoms with Gasteiger partial charge in [0.25, 0.3) is 5.09 Å². The molecule has 0 bridgehead atoms. The monoisotopic (exact) mass is 448 g/mol. The Morgan fingerprint density at radius 2 is 1.84 bits per heavy atom. The number of methoxy groups -OCH3 is 1. The second kappa shape index (κ2) is 11.7. The lowest BCUT2D eigenvalue weighted by atomic mass is 9.87. The Bertz CT molecular complexity index is 922. The lowest BCUT2D eigenvalue weighted by Crippen LogP contribution is -2.32. The average Bonchev–Trinajstić information content (AvgIpc) is 2.77. The summed E-state index contributed by atoms with van der Waals surface area (Å²) in [5.41, 5.74) is 2.23. The number of unbranched alkanes of at least 4 members (excludes halogenated alkanes) is 1. The molecule has 10 heteroatoms. The number of likely N-dealkylation sites (N-methyl/N-ethyl adjacent to an activating group) is 1. The van der Waals surface area contributed by atoms with Gasteiger partial charge in [0, 0.05) is 23.9 Å². The van der Waals surface area contributed by atoms with Crippen molar-refractivity contribution in [3.8, 4) is 5.75 Å². The highest BCUT2D eigenvalue weighted by Crippen LogP contribution is 2.39. The van der Waals surface area contributed by atoms with Gasteiger partial charge in [-0.2, -0.15) is 0 Å². The third kappa shape index (κ3) is 5.99. The first kappa shape index (κ1) is 24.7. The van der Waals surface area contributed by atoms with Crippen molar-refractivity contribution in [1.82, 2.24) is 4.90 Å². The number of ether oxygens (including phenoxy) is 3. The van der Waals surface area contributed by atoms with Gasteiger partial charge in [0.2, 0.25) is 0 Å². The van der Waals surface area contributed by atoms with E-state index < -0.39 is 17.0 Å². The zero-order chi connectivity index (χ0) is 23.7. The zero-order valence-corrected chi connectivity index (χ0v) is 18.7. The summed E-state index contributed by atoms with van der Waals surface area (Å²) in [4.78, 5) is 41.8. The largest absolute Gasteiger partial charge is 0.493 e. The number of carbonyl (C=O) groups excluding carboxylic acids is 2. The Morgan fingerprint density at radius 1 is 1.16 bits per heavy atom. The molecule has 1 aliphatic rings. The smallest absolute Gasteiger partial charge is 0.340 e. The van der Waals surface area contributed by atoms with Gasteiger partial charge in [0.1, 0.15) is 5.75 Å². The van der Waals surface area contributed by atoms with Crippen LogP contribution in [0.3, 0.4) is 0 Å². The molecule has 0 aromatic heterocycles. The number of hydrogen-bond acceptors (Lipinski definition) is 9. The first-order valence-corrected chi connectivity index (χ1v) is 10.2. The maximum absolute atomic E-state index is 12.9. The highest BCUT2D eigenvalue weighted by molar-refractivity contribution is 6.14. The van der Waals surface area contributed by atoms with Gasteiger partial charge in [-0.05, 0) is 32.8 Å². The van der Waals surface area contributed by atoms with Crippen LogP contribution in [-0.4, -0.2) is 62.4 Å². The minimum atomic E-state index is -0.831. The Balaban J connectivity index is 2.43. The van der Waals surface area contributed by atoms with Crippen molar-refractivity contribution in [2.75, 3.05) is 40.5 Å². The number of nitrogens with zero attached hydrogens (tertiary/aromatic N) is 2. The predicted molar refractivity (Wildman–Crippen MR) is 115 cm³/mol. The van der Waals surface area contributed by atoms with Crippen molar-refractivity contribution in [3.63, 3.8) is 0 Å². The molecule has 32 heavy (non-hydrogen) atoms. The Hall–Kier alpha value is -3.56. The minimum absolute atomic E-state index is 0.0169. The van der Waals surface area contributed by atoms with Crippen molar-refractivity contribution in [3.05, 3.63) is 56.8 Å². The molecule has 10 nitrogen and oxygen atoms in total. The fourth-order valence-electron chi connectivity index (χ4n) is 3.32. The van der Waals surface area contributed by atoms with Crippen molar-refractivity contribution >= 4 is 17.5 Å². The van der Waals surface area contributed by atoms with E-state index in [4.69, 9.17) is 14.2 Å². The molecule has 0 saturated heterocycles. The fourth-order valence-corrected chi connectivity index (χ4v) is 3.32. The molecule has 1 aliphatic heterocycles. The molecule has 0 fully saturated rings. The van der Waals surface area contributed by atoms with Crippen LogP contribution in [0.2, 0.25) is 0 Å². The van der Waals surface area contributed by atoms with E-state index in [-0.39, 0.29) is 31.9 Å². The molecule has 0 saturated carbocycles. The third-order valence-electron chi connectivity index (χ3n) is 4.94. The molecule has 0 amide bonds. The van der Waals surface area contributed by atoms with Gasteiger partial charge in [-0.15, -0.1) is 10.1 Å². The fraction of sp³-hybridized carbons (Fsp3) is 0.455. The number of benzene rings is 1. The van der Waals surface area contributed by atoms with Crippen LogP contribution in [0.5, 0.6) is 5.75 Å². The highest BCUT2D eigenvalue weighted by atomic mass is 16.9. The van der Waals surface area contributed by atoms with Crippen molar-refractivity contribution in [1.29, 1.82) is 0 Å². The molecule has 0 aliphatic carbocycles. The summed E-state index contributed by atoms with van der Waals surface area (Å²) in [6, 6.07) is 7.07. The second-order valence-corrected chi connectivity index (χ2v) is 6.99. The Labute approximate surface area is 186 Å². The normalized spacial score (nSPS) is 13.7. The lowest BCUT2D eigenvalue weighted by Gasteiger charge is -2.31. The molecule has 0 spiro atoms. The molecule has 0 unspecified atom stereocenters. The molecule has 0 N–H and O–H groups in total. The van der Waals surface area contributed by atoms with Crippen LogP contribution in [0.15, 0.2) is 41.1 Å². The predicted octanol–water partition coefficient (Wildman–Crippen LogP) is 2.76. The van der Waals surface area contributed by atoms with Gasteiger partial charge in [-0.3, -0.25) is 0 Å². The van der Waals surface area contributed by atoms with Gasteiger partial charge in [0.05, 0.1) is 44.6 Å². The van der Waals surface area contributed by atoms with Gasteiger partial charge >= 0.3 is 11.9 Å². The van der Waals surface area contributed by atoms with E-state index >= 15 is 0 Å². The molecule has 174 valence electrons.